The van der Waals surface area contributed by atoms with E-state index in [1.54, 1.807) is 0 Å². The van der Waals surface area contributed by atoms with E-state index in [4.69, 9.17) is 12.2 Å². The molecule has 0 amide bonds. The molecule has 0 atom stereocenters. The van der Waals surface area contributed by atoms with Crippen LogP contribution in [0.15, 0.2) is 0 Å². The summed E-state index contributed by atoms with van der Waals surface area (Å²) < 4.78 is 11.8. The molecule has 0 aromatic heterocycles. The molecule has 1 fully saturated rings. The van der Waals surface area contributed by atoms with Crippen LogP contribution in [-0.4, -0.2) is 48.1 Å². The van der Waals surface area contributed by atoms with Crippen LogP contribution < -0.4 is 5.54 Å². The Kier molecular flexibility index (Phi) is 6.80. The fourth-order valence-corrected chi connectivity index (χ4v) is 1.25. The van der Waals surface area contributed by atoms with Crippen molar-refractivity contribution < 1.29 is 4.48 Å². The molecule has 78 valence electrons. The van der Waals surface area contributed by atoms with Crippen LogP contribution in [0.1, 0.15) is 13.8 Å². The SMILES string of the molecule is CC.CN1CCN(C(=S)NF)CC1. The second-order valence-electron chi connectivity index (χ2n) is 2.69. The lowest BCUT2D eigenvalue weighted by atomic mass is 10.3. The van der Waals surface area contributed by atoms with Crippen LogP contribution in [0.2, 0.25) is 0 Å². The minimum atomic E-state index is 0.207. The Hall–Kier alpha value is -0.420. The quantitative estimate of drug-likeness (QED) is 0.472. The summed E-state index contributed by atoms with van der Waals surface area (Å²) in [6.07, 6.45) is 0. The molecule has 0 bridgehead atoms. The molecule has 1 N–H and O–H groups in total. The first-order valence-corrected chi connectivity index (χ1v) is 4.99. The van der Waals surface area contributed by atoms with Crippen LogP contribution >= 0.6 is 12.2 Å². The predicted octanol–water partition coefficient (Wildman–Crippen LogP) is 1.02. The molecule has 0 spiro atoms. The third-order valence-electron chi connectivity index (χ3n) is 1.87. The maximum atomic E-state index is 11.8. The smallest absolute Gasteiger partial charge is 0.197 e. The summed E-state index contributed by atoms with van der Waals surface area (Å²) in [5.41, 5.74) is 1.49. The Morgan fingerprint density at radius 1 is 1.23 bits per heavy atom. The summed E-state index contributed by atoms with van der Waals surface area (Å²) >= 11 is 4.74. The van der Waals surface area contributed by atoms with E-state index in [0.29, 0.717) is 0 Å². The van der Waals surface area contributed by atoms with Gasteiger partial charge in [0.05, 0.1) is 0 Å². The lowest BCUT2D eigenvalue weighted by Crippen LogP contribution is -2.49. The number of hydrogen-bond acceptors (Lipinski definition) is 2. The summed E-state index contributed by atoms with van der Waals surface area (Å²) in [7, 11) is 2.04. The molecule has 0 aromatic carbocycles. The fraction of sp³-hybridized carbons (Fsp3) is 0.875. The first-order valence-electron chi connectivity index (χ1n) is 4.58. The highest BCUT2D eigenvalue weighted by Crippen LogP contribution is 1.98. The molecule has 0 aliphatic carbocycles. The second kappa shape index (κ2) is 7.03. The Bertz CT molecular complexity index is 146. The predicted molar refractivity (Wildman–Crippen MR) is 57.3 cm³/mol. The van der Waals surface area contributed by atoms with Crippen LogP contribution in [0, 0.1) is 0 Å². The Labute approximate surface area is 84.8 Å². The van der Waals surface area contributed by atoms with E-state index in [1.807, 2.05) is 25.8 Å². The van der Waals surface area contributed by atoms with Crippen molar-refractivity contribution in [3.63, 3.8) is 0 Å². The highest BCUT2D eigenvalue weighted by Gasteiger charge is 2.15. The number of thiocarbonyl (C=S) groups is 1. The Balaban J connectivity index is 0.000000671. The van der Waals surface area contributed by atoms with E-state index >= 15 is 0 Å². The largest absolute Gasteiger partial charge is 0.345 e. The van der Waals surface area contributed by atoms with Crippen LogP contribution in [0.25, 0.3) is 0 Å². The van der Waals surface area contributed by atoms with E-state index in [-0.39, 0.29) is 5.11 Å². The van der Waals surface area contributed by atoms with Gasteiger partial charge >= 0.3 is 0 Å². The number of nitrogens with one attached hydrogen (secondary N) is 1. The highest BCUT2D eigenvalue weighted by atomic mass is 32.1. The monoisotopic (exact) mass is 207 g/mol. The molecule has 1 aliphatic rings. The first kappa shape index (κ1) is 12.6. The number of piperazine rings is 1. The van der Waals surface area contributed by atoms with Gasteiger partial charge in [-0.25, -0.2) is 0 Å². The number of nitrogens with zero attached hydrogens (tertiary/aromatic N) is 2. The third-order valence-corrected chi connectivity index (χ3v) is 2.21. The second-order valence-corrected chi connectivity index (χ2v) is 3.08. The molecule has 0 radical (unpaired) electrons. The molecular formula is C8H18FN3S. The van der Waals surface area contributed by atoms with Crippen molar-refractivity contribution in [1.82, 2.24) is 15.3 Å². The zero-order valence-corrected chi connectivity index (χ0v) is 9.33. The van der Waals surface area contributed by atoms with Gasteiger partial charge in [0.25, 0.3) is 0 Å². The molecular weight excluding hydrogens is 189 g/mol. The van der Waals surface area contributed by atoms with E-state index in [2.05, 4.69) is 4.90 Å². The van der Waals surface area contributed by atoms with Gasteiger partial charge in [0.15, 0.2) is 5.11 Å². The molecule has 1 aliphatic heterocycles. The van der Waals surface area contributed by atoms with E-state index in [1.165, 1.54) is 5.54 Å². The van der Waals surface area contributed by atoms with Crippen molar-refractivity contribution in [1.29, 1.82) is 0 Å². The summed E-state index contributed by atoms with van der Waals surface area (Å²) in [6.45, 7) is 7.52. The molecule has 0 aromatic rings. The van der Waals surface area contributed by atoms with Gasteiger partial charge in [0.1, 0.15) is 0 Å². The van der Waals surface area contributed by atoms with Crippen molar-refractivity contribution in [3.05, 3.63) is 0 Å². The van der Waals surface area contributed by atoms with E-state index < -0.39 is 0 Å². The standard InChI is InChI=1S/C6H12FN3S.C2H6/c1-9-2-4-10(5-3-9)6(11)8-7;1-2/h2-5H2,1H3,(H,8,11);1-2H3. The van der Waals surface area contributed by atoms with Crippen LogP contribution in [0.5, 0.6) is 0 Å². The third kappa shape index (κ3) is 4.38. The molecule has 3 nitrogen and oxygen atoms in total. The zero-order chi connectivity index (χ0) is 10.3. The van der Waals surface area contributed by atoms with Gasteiger partial charge in [0, 0.05) is 26.2 Å². The van der Waals surface area contributed by atoms with Crippen LogP contribution in [0.3, 0.4) is 0 Å². The molecule has 0 unspecified atom stereocenters. The summed E-state index contributed by atoms with van der Waals surface area (Å²) in [6, 6.07) is 0. The van der Waals surface area contributed by atoms with Crippen molar-refractivity contribution >= 4 is 17.3 Å². The molecule has 1 saturated heterocycles. The average Bonchev–Trinajstić information content (AvgIpc) is 2.21. The number of hydrogen-bond donors (Lipinski definition) is 1. The zero-order valence-electron chi connectivity index (χ0n) is 8.51. The normalized spacial score (nSPS) is 17.4. The fourth-order valence-electron chi connectivity index (χ4n) is 1.07. The van der Waals surface area contributed by atoms with Gasteiger partial charge in [-0.05, 0) is 19.3 Å². The minimum Gasteiger partial charge on any atom is -0.345 e. The minimum absolute atomic E-state index is 0.207. The van der Waals surface area contributed by atoms with Gasteiger partial charge in [-0.2, -0.15) is 5.54 Å². The summed E-state index contributed by atoms with van der Waals surface area (Å²) in [4.78, 5) is 4.02. The molecule has 0 saturated carbocycles. The highest BCUT2D eigenvalue weighted by molar-refractivity contribution is 7.80. The first-order chi connectivity index (χ1) is 6.24. The number of halogens is 1. The van der Waals surface area contributed by atoms with Crippen LogP contribution in [-0.2, 0) is 0 Å². The van der Waals surface area contributed by atoms with Gasteiger partial charge in [-0.15, -0.1) is 4.48 Å². The van der Waals surface area contributed by atoms with Crippen molar-refractivity contribution in [2.45, 2.75) is 13.8 Å². The van der Waals surface area contributed by atoms with Crippen LogP contribution in [0.4, 0.5) is 4.48 Å². The number of rotatable bonds is 0. The van der Waals surface area contributed by atoms with Gasteiger partial charge in [-0.1, -0.05) is 13.8 Å². The van der Waals surface area contributed by atoms with Gasteiger partial charge in [-0.3, -0.25) is 0 Å². The van der Waals surface area contributed by atoms with Crippen molar-refractivity contribution in [3.8, 4) is 0 Å². The molecule has 5 heteroatoms. The summed E-state index contributed by atoms with van der Waals surface area (Å²) in [5.74, 6) is 0. The Morgan fingerprint density at radius 3 is 2.08 bits per heavy atom. The maximum Gasteiger partial charge on any atom is 0.197 e. The van der Waals surface area contributed by atoms with E-state index in [0.717, 1.165) is 26.2 Å². The maximum absolute atomic E-state index is 11.8. The van der Waals surface area contributed by atoms with Gasteiger partial charge < -0.3 is 9.80 Å². The average molecular weight is 207 g/mol. The lowest BCUT2D eigenvalue weighted by Gasteiger charge is -2.32. The molecule has 1 heterocycles. The summed E-state index contributed by atoms with van der Waals surface area (Å²) in [5, 5.41) is 0.207. The number of likely N-dealkylation sites (N-methyl/N-ethyl adjacent to an activating group) is 1. The van der Waals surface area contributed by atoms with E-state index in [9.17, 15) is 4.48 Å². The van der Waals surface area contributed by atoms with Crippen molar-refractivity contribution in [2.75, 3.05) is 33.2 Å². The van der Waals surface area contributed by atoms with Crippen molar-refractivity contribution in [2.24, 2.45) is 0 Å². The topological polar surface area (TPSA) is 18.5 Å². The molecule has 1 rings (SSSR count). The Morgan fingerprint density at radius 2 is 1.69 bits per heavy atom. The molecule has 13 heavy (non-hydrogen) atoms. The van der Waals surface area contributed by atoms with Gasteiger partial charge in [0.2, 0.25) is 0 Å². The lowest BCUT2D eigenvalue weighted by molar-refractivity contribution is 0.207.